The van der Waals surface area contributed by atoms with E-state index in [1.807, 2.05) is 39.0 Å². The van der Waals surface area contributed by atoms with Gasteiger partial charge in [0.2, 0.25) is 0 Å². The summed E-state index contributed by atoms with van der Waals surface area (Å²) in [6, 6.07) is 8.20. The second kappa shape index (κ2) is 8.37. The van der Waals surface area contributed by atoms with Crippen LogP contribution >= 0.6 is 23.4 Å². The van der Waals surface area contributed by atoms with Crippen molar-refractivity contribution in [1.82, 2.24) is 0 Å². The van der Waals surface area contributed by atoms with Crippen molar-refractivity contribution in [2.45, 2.75) is 31.8 Å². The van der Waals surface area contributed by atoms with Gasteiger partial charge in [-0.25, -0.2) is 0 Å². The summed E-state index contributed by atoms with van der Waals surface area (Å²) in [5, 5.41) is 0.282. The van der Waals surface area contributed by atoms with Crippen LogP contribution in [-0.4, -0.2) is 29.8 Å². The van der Waals surface area contributed by atoms with Crippen LogP contribution in [0.5, 0.6) is 0 Å². The Balaban J connectivity index is 2.39. The fourth-order valence-corrected chi connectivity index (χ4v) is 3.47. The van der Waals surface area contributed by atoms with Gasteiger partial charge in [0.1, 0.15) is 0 Å². The van der Waals surface area contributed by atoms with E-state index in [0.29, 0.717) is 19.0 Å². The fourth-order valence-electron chi connectivity index (χ4n) is 2.14. The van der Waals surface area contributed by atoms with Crippen LogP contribution in [0.2, 0.25) is 0 Å². The molecule has 0 saturated carbocycles. The minimum Gasteiger partial charge on any atom is -0.491 e. The van der Waals surface area contributed by atoms with Crippen LogP contribution in [0.4, 0.5) is 0 Å². The van der Waals surface area contributed by atoms with Gasteiger partial charge < -0.3 is 15.0 Å². The average Bonchev–Trinajstić information content (AvgIpc) is 2.54. The highest BCUT2D eigenvalue weighted by Gasteiger charge is 2.35. The Kier molecular flexibility index (Phi) is 6.48. The minimum atomic E-state index is -0.491. The van der Waals surface area contributed by atoms with Crippen LogP contribution in [0, 0.1) is 6.92 Å². The third kappa shape index (κ3) is 4.27. The number of thioether (sulfide) groups is 1. The van der Waals surface area contributed by atoms with Crippen LogP contribution in [0.25, 0.3) is 5.53 Å². The fraction of sp³-hybridized carbons (Fsp3) is 0.353. The van der Waals surface area contributed by atoms with Crippen LogP contribution in [0.15, 0.2) is 50.9 Å². The molecule has 2 rings (SSSR count). The summed E-state index contributed by atoms with van der Waals surface area (Å²) < 4.78 is 11.3. The van der Waals surface area contributed by atoms with Gasteiger partial charge in [0, 0.05) is 11.5 Å². The molecule has 122 valence electrons. The molecular weight excluding hydrogens is 332 g/mol. The van der Waals surface area contributed by atoms with Crippen molar-refractivity contribution in [3.8, 4) is 0 Å². The summed E-state index contributed by atoms with van der Waals surface area (Å²) in [7, 11) is 0. The minimum absolute atomic E-state index is 0.269. The van der Waals surface area contributed by atoms with Crippen LogP contribution < -0.4 is 0 Å². The highest BCUT2D eigenvalue weighted by atomic mass is 35.5. The van der Waals surface area contributed by atoms with Crippen molar-refractivity contribution in [3.63, 3.8) is 0 Å². The van der Waals surface area contributed by atoms with Crippen molar-refractivity contribution in [3.05, 3.63) is 57.1 Å². The molecule has 1 aromatic rings. The van der Waals surface area contributed by atoms with Crippen molar-refractivity contribution < 1.29 is 14.3 Å². The van der Waals surface area contributed by atoms with E-state index in [-0.39, 0.29) is 10.7 Å². The van der Waals surface area contributed by atoms with E-state index in [0.717, 1.165) is 9.80 Å². The lowest BCUT2D eigenvalue weighted by molar-refractivity contribution is -0.0227. The summed E-state index contributed by atoms with van der Waals surface area (Å²) in [5.41, 5.74) is 10.7. The van der Waals surface area contributed by atoms with Crippen LogP contribution in [0.3, 0.4) is 0 Å². The molecule has 0 bridgehead atoms. The van der Waals surface area contributed by atoms with Crippen LogP contribution in [0.1, 0.15) is 19.4 Å². The van der Waals surface area contributed by atoms with Crippen molar-refractivity contribution in [2.24, 2.45) is 0 Å². The Morgan fingerprint density at radius 2 is 1.91 bits per heavy atom. The second-order valence-electron chi connectivity index (χ2n) is 4.88. The van der Waals surface area contributed by atoms with E-state index in [4.69, 9.17) is 21.1 Å². The Labute approximate surface area is 145 Å². The second-order valence-corrected chi connectivity index (χ2v) is 6.38. The zero-order valence-electron chi connectivity index (χ0n) is 13.4. The standard InChI is InChI=1S/C17H19ClN2O2S/c1-4-21-13-10-14(23-12-8-6-11(3)7-9-12)17(22-5-2)15(18)16(13)20-19/h6-10,13H,4-5H2,1-3H3. The Hall–Kier alpha value is -1.52. The van der Waals surface area contributed by atoms with Gasteiger partial charge in [-0.1, -0.05) is 41.1 Å². The number of hydrogen-bond acceptors (Lipinski definition) is 3. The third-order valence-corrected chi connectivity index (χ3v) is 4.63. The molecule has 0 saturated heterocycles. The number of halogens is 1. The lowest BCUT2D eigenvalue weighted by atomic mass is 10.1. The lowest BCUT2D eigenvalue weighted by Crippen LogP contribution is -2.28. The highest BCUT2D eigenvalue weighted by Crippen LogP contribution is 2.38. The van der Waals surface area contributed by atoms with E-state index >= 15 is 0 Å². The summed E-state index contributed by atoms with van der Waals surface area (Å²) in [6.07, 6.45) is 1.38. The number of rotatable bonds is 6. The molecule has 1 aliphatic carbocycles. The number of aryl methyl sites for hydroxylation is 1. The molecule has 0 amide bonds. The highest BCUT2D eigenvalue weighted by molar-refractivity contribution is 8.03. The van der Waals surface area contributed by atoms with E-state index < -0.39 is 6.10 Å². The van der Waals surface area contributed by atoms with Gasteiger partial charge in [-0.15, -0.1) is 0 Å². The molecule has 0 spiro atoms. The molecular formula is C17H19ClN2O2S. The summed E-state index contributed by atoms with van der Waals surface area (Å²) in [5.74, 6) is 0.517. The molecule has 1 aromatic carbocycles. The largest absolute Gasteiger partial charge is 0.491 e. The molecule has 1 unspecified atom stereocenters. The smallest absolute Gasteiger partial charge is 0.346 e. The monoisotopic (exact) mass is 350 g/mol. The predicted octanol–water partition coefficient (Wildman–Crippen LogP) is 4.55. The third-order valence-electron chi connectivity index (χ3n) is 3.21. The van der Waals surface area contributed by atoms with Gasteiger partial charge in [0.15, 0.2) is 16.9 Å². The molecule has 6 heteroatoms. The molecule has 0 aliphatic heterocycles. The first-order valence-corrected chi connectivity index (χ1v) is 8.63. The van der Waals surface area contributed by atoms with E-state index in [2.05, 4.69) is 16.9 Å². The summed E-state index contributed by atoms with van der Waals surface area (Å²) in [6.45, 7) is 6.76. The van der Waals surface area contributed by atoms with E-state index in [1.54, 1.807) is 11.8 Å². The van der Waals surface area contributed by atoms with Crippen molar-refractivity contribution >= 4 is 29.1 Å². The topological polar surface area (TPSA) is 54.9 Å². The normalized spacial score (nSPS) is 17.8. The Morgan fingerprint density at radius 1 is 1.22 bits per heavy atom. The number of ether oxygens (including phenoxy) is 2. The maximum Gasteiger partial charge on any atom is 0.346 e. The number of hydrogen-bond donors (Lipinski definition) is 0. The number of nitrogens with zero attached hydrogens (tertiary/aromatic N) is 2. The van der Waals surface area contributed by atoms with E-state index in [1.165, 1.54) is 5.56 Å². The number of benzene rings is 1. The first-order valence-electron chi connectivity index (χ1n) is 7.43. The summed E-state index contributed by atoms with van der Waals surface area (Å²) in [4.78, 5) is 5.21. The molecule has 23 heavy (non-hydrogen) atoms. The van der Waals surface area contributed by atoms with Crippen LogP contribution in [-0.2, 0) is 9.47 Å². The van der Waals surface area contributed by atoms with Gasteiger partial charge in [0.25, 0.3) is 0 Å². The maximum absolute atomic E-state index is 9.25. The zero-order valence-corrected chi connectivity index (χ0v) is 14.9. The Morgan fingerprint density at radius 3 is 2.48 bits per heavy atom. The van der Waals surface area contributed by atoms with Crippen molar-refractivity contribution in [2.75, 3.05) is 13.2 Å². The zero-order chi connectivity index (χ0) is 16.8. The molecule has 0 N–H and O–H groups in total. The molecule has 1 aliphatic rings. The van der Waals surface area contributed by atoms with Gasteiger partial charge in [-0.05, 0) is 39.0 Å². The van der Waals surface area contributed by atoms with Gasteiger partial charge in [0.05, 0.1) is 11.5 Å². The van der Waals surface area contributed by atoms with Crippen molar-refractivity contribution in [1.29, 1.82) is 0 Å². The summed E-state index contributed by atoms with van der Waals surface area (Å²) >= 11 is 7.92. The molecule has 4 nitrogen and oxygen atoms in total. The molecule has 0 heterocycles. The first-order chi connectivity index (χ1) is 11.1. The molecule has 0 radical (unpaired) electrons. The SMILES string of the molecule is CCOC1=C(Cl)C(=[N+]=[N-])C(OCC)C=C1Sc1ccc(C)cc1. The van der Waals surface area contributed by atoms with Gasteiger partial charge >= 0.3 is 5.71 Å². The average molecular weight is 351 g/mol. The molecule has 0 fully saturated rings. The maximum atomic E-state index is 9.25. The quantitative estimate of drug-likeness (QED) is 0.558. The lowest BCUT2D eigenvalue weighted by Gasteiger charge is -2.21. The first kappa shape index (κ1) is 17.8. The molecule has 0 aromatic heterocycles. The predicted molar refractivity (Wildman–Crippen MR) is 93.7 cm³/mol. The van der Waals surface area contributed by atoms with Gasteiger partial charge in [-0.2, -0.15) is 4.79 Å². The van der Waals surface area contributed by atoms with Gasteiger partial charge in [-0.3, -0.25) is 0 Å². The molecule has 1 atom stereocenters. The van der Waals surface area contributed by atoms with E-state index in [9.17, 15) is 5.53 Å². The Bertz CT molecular complexity index is 676.